The van der Waals surface area contributed by atoms with Crippen LogP contribution in [0.1, 0.15) is 6.92 Å². The van der Waals surface area contributed by atoms with Gasteiger partial charge in [-0.15, -0.1) is 0 Å². The molecule has 0 bridgehead atoms. The predicted octanol–water partition coefficient (Wildman–Crippen LogP) is 0.0980. The van der Waals surface area contributed by atoms with Gasteiger partial charge in [-0.3, -0.25) is 4.79 Å². The Balaban J connectivity index is 4.22. The van der Waals surface area contributed by atoms with Crippen LogP contribution in [-0.4, -0.2) is 38.6 Å². The first-order valence-electron chi connectivity index (χ1n) is 3.58. The second-order valence-corrected chi connectivity index (χ2v) is 5.15. The first kappa shape index (κ1) is 13.2. The van der Waals surface area contributed by atoms with E-state index in [0.29, 0.717) is 0 Å². The van der Waals surface area contributed by atoms with Crippen molar-refractivity contribution in [2.75, 3.05) is 12.0 Å². The van der Waals surface area contributed by atoms with E-state index in [1.807, 2.05) is 0 Å². The molecule has 0 aromatic heterocycles. The molecule has 1 amide bonds. The summed E-state index contributed by atoms with van der Waals surface area (Å²) < 4.78 is 56.3. The molecular formula is C6H10F3NO3S. The van der Waals surface area contributed by atoms with Crippen LogP contribution < -0.4 is 5.32 Å². The molecule has 1 atom stereocenters. The number of halogens is 3. The van der Waals surface area contributed by atoms with E-state index in [-0.39, 0.29) is 0 Å². The second-order valence-electron chi connectivity index (χ2n) is 2.96. The summed E-state index contributed by atoms with van der Waals surface area (Å²) in [7, 11) is -3.40. The molecule has 0 saturated carbocycles. The molecule has 4 nitrogen and oxygen atoms in total. The number of rotatable bonds is 3. The Morgan fingerprint density at radius 3 is 2.14 bits per heavy atom. The summed E-state index contributed by atoms with van der Waals surface area (Å²) in [5, 5.41) is 1.53. The zero-order valence-electron chi connectivity index (χ0n) is 7.55. The number of sulfone groups is 1. The smallest absolute Gasteiger partial charge is 0.345 e. The van der Waals surface area contributed by atoms with Crippen LogP contribution in [0.4, 0.5) is 13.2 Å². The van der Waals surface area contributed by atoms with E-state index in [1.165, 1.54) is 12.2 Å². The molecule has 84 valence electrons. The van der Waals surface area contributed by atoms with Crippen LogP contribution in [0.3, 0.4) is 0 Å². The largest absolute Gasteiger partial charge is 0.471 e. The minimum atomic E-state index is -4.98. The number of carbonyl (C=O) groups is 1. The van der Waals surface area contributed by atoms with Crippen LogP contribution in [0.15, 0.2) is 0 Å². The van der Waals surface area contributed by atoms with Crippen LogP contribution >= 0.6 is 0 Å². The minimum absolute atomic E-state index is 0.519. The third-order valence-electron chi connectivity index (χ3n) is 1.19. The third-order valence-corrected chi connectivity index (χ3v) is 2.29. The SMILES string of the molecule is CC(CS(C)(=O)=O)NC(=O)C(F)(F)F. The lowest BCUT2D eigenvalue weighted by molar-refractivity contribution is -0.174. The number of hydrogen-bond donors (Lipinski definition) is 1. The lowest BCUT2D eigenvalue weighted by Gasteiger charge is -2.13. The molecule has 0 aromatic carbocycles. The van der Waals surface area contributed by atoms with Crippen molar-refractivity contribution < 1.29 is 26.4 Å². The molecule has 0 spiro atoms. The van der Waals surface area contributed by atoms with Crippen molar-refractivity contribution in [3.63, 3.8) is 0 Å². The highest BCUT2D eigenvalue weighted by Crippen LogP contribution is 2.14. The normalized spacial score (nSPS) is 14.9. The summed E-state index contributed by atoms with van der Waals surface area (Å²) in [6, 6.07) is -1.06. The predicted molar refractivity (Wildman–Crippen MR) is 43.4 cm³/mol. The average molecular weight is 233 g/mol. The summed E-state index contributed by atoms with van der Waals surface area (Å²) >= 11 is 0. The number of nitrogens with one attached hydrogen (secondary N) is 1. The highest BCUT2D eigenvalue weighted by atomic mass is 32.2. The summed E-state index contributed by atoms with van der Waals surface area (Å²) in [5.74, 6) is -2.65. The van der Waals surface area contributed by atoms with Gasteiger partial charge in [0.1, 0.15) is 9.84 Å². The Bertz CT molecular complexity index is 309. The van der Waals surface area contributed by atoms with Gasteiger partial charge in [-0.25, -0.2) is 8.42 Å². The zero-order valence-corrected chi connectivity index (χ0v) is 8.37. The van der Waals surface area contributed by atoms with Crippen molar-refractivity contribution >= 4 is 15.7 Å². The standard InChI is InChI=1S/C6H10F3NO3S/c1-4(3-14(2,12)13)10-5(11)6(7,8)9/h4H,3H2,1-2H3,(H,10,11). The van der Waals surface area contributed by atoms with Gasteiger partial charge < -0.3 is 5.32 Å². The Kier molecular flexibility index (Phi) is 3.92. The van der Waals surface area contributed by atoms with Crippen LogP contribution in [0.5, 0.6) is 0 Å². The van der Waals surface area contributed by atoms with Crippen molar-refractivity contribution in [2.24, 2.45) is 0 Å². The zero-order chi connectivity index (χ0) is 11.6. The lowest BCUT2D eigenvalue weighted by atomic mass is 10.4. The fourth-order valence-corrected chi connectivity index (χ4v) is 1.79. The maximum Gasteiger partial charge on any atom is 0.471 e. The molecule has 0 radical (unpaired) electrons. The van der Waals surface area contributed by atoms with E-state index < -0.39 is 33.7 Å². The fraction of sp³-hybridized carbons (Fsp3) is 0.833. The van der Waals surface area contributed by atoms with Gasteiger partial charge >= 0.3 is 12.1 Å². The van der Waals surface area contributed by atoms with Gasteiger partial charge in [0.25, 0.3) is 0 Å². The van der Waals surface area contributed by atoms with Crippen molar-refractivity contribution in [3.8, 4) is 0 Å². The van der Waals surface area contributed by atoms with E-state index in [1.54, 1.807) is 0 Å². The highest BCUT2D eigenvalue weighted by Gasteiger charge is 2.39. The molecule has 1 N–H and O–H groups in total. The van der Waals surface area contributed by atoms with E-state index in [4.69, 9.17) is 0 Å². The van der Waals surface area contributed by atoms with Crippen molar-refractivity contribution in [2.45, 2.75) is 19.1 Å². The molecule has 0 aliphatic carbocycles. The molecule has 0 aliphatic heterocycles. The Morgan fingerprint density at radius 1 is 1.43 bits per heavy atom. The first-order chi connectivity index (χ1) is 6.02. The van der Waals surface area contributed by atoms with Gasteiger partial charge in [-0.2, -0.15) is 13.2 Å². The highest BCUT2D eigenvalue weighted by molar-refractivity contribution is 7.90. The summed E-state index contributed by atoms with van der Waals surface area (Å²) in [6.45, 7) is 1.19. The monoisotopic (exact) mass is 233 g/mol. The molecular weight excluding hydrogens is 223 g/mol. The third kappa shape index (κ3) is 5.79. The molecule has 1 unspecified atom stereocenters. The van der Waals surface area contributed by atoms with Gasteiger partial charge in [-0.05, 0) is 6.92 Å². The van der Waals surface area contributed by atoms with Crippen LogP contribution in [-0.2, 0) is 14.6 Å². The molecule has 0 fully saturated rings. The summed E-state index contributed by atoms with van der Waals surface area (Å²) in [5.41, 5.74) is 0. The number of amides is 1. The Labute approximate surface area is 79.4 Å². The lowest BCUT2D eigenvalue weighted by Crippen LogP contribution is -2.44. The van der Waals surface area contributed by atoms with Crippen LogP contribution in [0, 0.1) is 0 Å². The topological polar surface area (TPSA) is 63.2 Å². The molecule has 0 saturated heterocycles. The van der Waals surface area contributed by atoms with Gasteiger partial charge in [0.2, 0.25) is 0 Å². The van der Waals surface area contributed by atoms with Crippen LogP contribution in [0.25, 0.3) is 0 Å². The van der Waals surface area contributed by atoms with Gasteiger partial charge in [0.15, 0.2) is 0 Å². The molecule has 0 aliphatic rings. The molecule has 0 heterocycles. The average Bonchev–Trinajstić information content (AvgIpc) is 1.79. The van der Waals surface area contributed by atoms with Gasteiger partial charge in [0, 0.05) is 12.3 Å². The number of hydrogen-bond acceptors (Lipinski definition) is 3. The van der Waals surface area contributed by atoms with Crippen molar-refractivity contribution in [1.82, 2.24) is 5.32 Å². The molecule has 0 rings (SSSR count). The number of carbonyl (C=O) groups excluding carboxylic acids is 1. The van der Waals surface area contributed by atoms with E-state index in [9.17, 15) is 26.4 Å². The van der Waals surface area contributed by atoms with Crippen LogP contribution in [0.2, 0.25) is 0 Å². The minimum Gasteiger partial charge on any atom is -0.345 e. The van der Waals surface area contributed by atoms with Gasteiger partial charge in [0.05, 0.1) is 5.75 Å². The van der Waals surface area contributed by atoms with E-state index in [0.717, 1.165) is 6.26 Å². The van der Waals surface area contributed by atoms with E-state index in [2.05, 4.69) is 0 Å². The van der Waals surface area contributed by atoms with E-state index >= 15 is 0 Å². The molecule has 8 heteroatoms. The van der Waals surface area contributed by atoms with Crippen molar-refractivity contribution in [3.05, 3.63) is 0 Å². The summed E-state index contributed by atoms with van der Waals surface area (Å²) in [6.07, 6.45) is -4.10. The Morgan fingerprint density at radius 2 is 1.86 bits per heavy atom. The number of alkyl halides is 3. The maximum absolute atomic E-state index is 11.7. The van der Waals surface area contributed by atoms with Crippen molar-refractivity contribution in [1.29, 1.82) is 0 Å². The molecule has 0 aromatic rings. The Hall–Kier alpha value is -0.790. The summed E-state index contributed by atoms with van der Waals surface area (Å²) in [4.78, 5) is 10.3. The second kappa shape index (κ2) is 4.16. The maximum atomic E-state index is 11.7. The van der Waals surface area contributed by atoms with Gasteiger partial charge in [-0.1, -0.05) is 0 Å². The fourth-order valence-electron chi connectivity index (χ4n) is 0.801. The first-order valence-corrected chi connectivity index (χ1v) is 5.64. The quantitative estimate of drug-likeness (QED) is 0.751. The molecule has 14 heavy (non-hydrogen) atoms.